The van der Waals surface area contributed by atoms with Crippen molar-refractivity contribution in [3.63, 3.8) is 0 Å². The lowest BCUT2D eigenvalue weighted by Gasteiger charge is -2.10. The van der Waals surface area contributed by atoms with Crippen molar-refractivity contribution in [2.75, 3.05) is 10.7 Å². The third-order valence-corrected chi connectivity index (χ3v) is 2.04. The fourth-order valence-electron chi connectivity index (χ4n) is 1.34. The molecule has 0 aromatic carbocycles. The standard InChI is InChI=1S/C10H16N8O/c1-6(2)19-10-14-8(13-9(15-10)16-11)12-7-4-5-18(3)17-7/h4-6H,11H2,1-3H3,(H2,12,13,14,15,16,17). The molecule has 0 saturated heterocycles. The van der Waals surface area contributed by atoms with Gasteiger partial charge in [0.2, 0.25) is 11.9 Å². The van der Waals surface area contributed by atoms with Crippen LogP contribution in [0.5, 0.6) is 6.01 Å². The van der Waals surface area contributed by atoms with Crippen molar-refractivity contribution < 1.29 is 4.74 Å². The molecule has 0 unspecified atom stereocenters. The van der Waals surface area contributed by atoms with Crippen molar-refractivity contribution in [1.82, 2.24) is 24.7 Å². The molecule has 0 fully saturated rings. The summed E-state index contributed by atoms with van der Waals surface area (Å²) in [7, 11) is 1.82. The zero-order valence-electron chi connectivity index (χ0n) is 11.0. The topological polar surface area (TPSA) is 116 Å². The molecule has 0 aliphatic carbocycles. The quantitative estimate of drug-likeness (QED) is 0.525. The van der Waals surface area contributed by atoms with Gasteiger partial charge in [0.1, 0.15) is 0 Å². The summed E-state index contributed by atoms with van der Waals surface area (Å²) in [6.45, 7) is 3.76. The van der Waals surface area contributed by atoms with Crippen molar-refractivity contribution in [3.05, 3.63) is 12.3 Å². The van der Waals surface area contributed by atoms with Gasteiger partial charge in [-0.15, -0.1) is 0 Å². The van der Waals surface area contributed by atoms with Gasteiger partial charge in [-0.3, -0.25) is 10.1 Å². The van der Waals surface area contributed by atoms with E-state index in [1.54, 1.807) is 16.9 Å². The summed E-state index contributed by atoms with van der Waals surface area (Å²) in [6.07, 6.45) is 1.76. The molecule has 102 valence electrons. The van der Waals surface area contributed by atoms with Crippen LogP contribution in [0.2, 0.25) is 0 Å². The Kier molecular flexibility index (Phi) is 3.76. The summed E-state index contributed by atoms with van der Waals surface area (Å²) < 4.78 is 7.08. The van der Waals surface area contributed by atoms with Crippen LogP contribution >= 0.6 is 0 Å². The molecular formula is C10H16N8O. The number of rotatable bonds is 5. The largest absolute Gasteiger partial charge is 0.461 e. The van der Waals surface area contributed by atoms with E-state index in [0.717, 1.165) is 0 Å². The summed E-state index contributed by atoms with van der Waals surface area (Å²) in [5, 5.41) is 7.11. The van der Waals surface area contributed by atoms with E-state index >= 15 is 0 Å². The lowest BCUT2D eigenvalue weighted by molar-refractivity contribution is 0.222. The predicted octanol–water partition coefficient (Wildman–Crippen LogP) is 0.421. The van der Waals surface area contributed by atoms with E-state index in [2.05, 4.69) is 30.8 Å². The van der Waals surface area contributed by atoms with Gasteiger partial charge in [0.15, 0.2) is 5.82 Å². The number of ether oxygens (including phenoxy) is 1. The normalized spacial score (nSPS) is 10.6. The van der Waals surface area contributed by atoms with Crippen LogP contribution in [0.15, 0.2) is 12.3 Å². The molecule has 0 spiro atoms. The van der Waals surface area contributed by atoms with Crippen LogP contribution in [0.25, 0.3) is 0 Å². The first-order chi connectivity index (χ1) is 9.06. The fraction of sp³-hybridized carbons (Fsp3) is 0.400. The molecule has 0 aliphatic heterocycles. The molecule has 0 atom stereocenters. The first-order valence-electron chi connectivity index (χ1n) is 5.73. The highest BCUT2D eigenvalue weighted by atomic mass is 16.5. The number of aryl methyl sites for hydroxylation is 1. The molecule has 0 saturated carbocycles. The Morgan fingerprint density at radius 3 is 2.58 bits per heavy atom. The van der Waals surface area contributed by atoms with Crippen molar-refractivity contribution in [1.29, 1.82) is 0 Å². The van der Waals surface area contributed by atoms with Gasteiger partial charge in [-0.25, -0.2) is 5.84 Å². The second kappa shape index (κ2) is 5.48. The number of nitrogens with one attached hydrogen (secondary N) is 2. The Hall–Kier alpha value is -2.42. The SMILES string of the molecule is CC(C)Oc1nc(NN)nc(Nc2ccn(C)n2)n1. The van der Waals surface area contributed by atoms with Crippen molar-refractivity contribution in [2.45, 2.75) is 20.0 Å². The van der Waals surface area contributed by atoms with Crippen molar-refractivity contribution in [2.24, 2.45) is 12.9 Å². The number of hydrazine groups is 1. The van der Waals surface area contributed by atoms with Gasteiger partial charge in [-0.2, -0.15) is 20.1 Å². The van der Waals surface area contributed by atoms with E-state index in [0.29, 0.717) is 11.8 Å². The van der Waals surface area contributed by atoms with Crippen LogP contribution in [-0.4, -0.2) is 30.8 Å². The molecule has 2 aromatic rings. The van der Waals surface area contributed by atoms with E-state index in [1.807, 2.05) is 20.9 Å². The summed E-state index contributed by atoms with van der Waals surface area (Å²) in [5.74, 6) is 6.44. The number of anilines is 3. The Morgan fingerprint density at radius 2 is 2.00 bits per heavy atom. The number of hydrogen-bond acceptors (Lipinski definition) is 8. The van der Waals surface area contributed by atoms with E-state index < -0.39 is 0 Å². The molecule has 0 bridgehead atoms. The van der Waals surface area contributed by atoms with Gasteiger partial charge >= 0.3 is 6.01 Å². The predicted molar refractivity (Wildman–Crippen MR) is 69.9 cm³/mol. The second-order valence-electron chi connectivity index (χ2n) is 4.08. The van der Waals surface area contributed by atoms with Crippen LogP contribution in [0.3, 0.4) is 0 Å². The van der Waals surface area contributed by atoms with Crippen LogP contribution in [-0.2, 0) is 7.05 Å². The Bertz CT molecular complexity index is 552. The van der Waals surface area contributed by atoms with Gasteiger partial charge in [-0.1, -0.05) is 0 Å². The summed E-state index contributed by atoms with van der Waals surface area (Å²) >= 11 is 0. The third kappa shape index (κ3) is 3.52. The highest BCUT2D eigenvalue weighted by Crippen LogP contribution is 2.15. The highest BCUT2D eigenvalue weighted by Gasteiger charge is 2.09. The Labute approximate surface area is 110 Å². The second-order valence-corrected chi connectivity index (χ2v) is 4.08. The van der Waals surface area contributed by atoms with Crippen LogP contribution < -0.4 is 21.3 Å². The molecule has 4 N–H and O–H groups in total. The molecule has 19 heavy (non-hydrogen) atoms. The number of nitrogens with zero attached hydrogens (tertiary/aromatic N) is 5. The van der Waals surface area contributed by atoms with Gasteiger partial charge in [0.25, 0.3) is 0 Å². The number of nitrogen functional groups attached to an aromatic ring is 1. The lowest BCUT2D eigenvalue weighted by atomic mass is 10.5. The first kappa shape index (κ1) is 13.0. The maximum Gasteiger partial charge on any atom is 0.323 e. The number of aromatic nitrogens is 5. The van der Waals surface area contributed by atoms with E-state index in [9.17, 15) is 0 Å². The Morgan fingerprint density at radius 1 is 1.26 bits per heavy atom. The minimum absolute atomic E-state index is 0.0456. The van der Waals surface area contributed by atoms with Crippen molar-refractivity contribution in [3.8, 4) is 6.01 Å². The number of nitrogens with two attached hydrogens (primary N) is 1. The van der Waals surface area contributed by atoms with E-state index in [1.165, 1.54) is 0 Å². The highest BCUT2D eigenvalue weighted by molar-refractivity contribution is 5.48. The lowest BCUT2D eigenvalue weighted by Crippen LogP contribution is -2.15. The average molecular weight is 264 g/mol. The van der Waals surface area contributed by atoms with Gasteiger partial charge in [0, 0.05) is 19.3 Å². The minimum Gasteiger partial charge on any atom is -0.461 e. The van der Waals surface area contributed by atoms with Crippen molar-refractivity contribution >= 4 is 17.7 Å². The molecular weight excluding hydrogens is 248 g/mol. The number of hydrogen-bond donors (Lipinski definition) is 3. The van der Waals surface area contributed by atoms with Crippen LogP contribution in [0.4, 0.5) is 17.7 Å². The molecule has 2 rings (SSSR count). The van der Waals surface area contributed by atoms with Crippen LogP contribution in [0, 0.1) is 0 Å². The molecule has 2 heterocycles. The zero-order valence-corrected chi connectivity index (χ0v) is 11.0. The first-order valence-corrected chi connectivity index (χ1v) is 5.73. The average Bonchev–Trinajstić information content (AvgIpc) is 2.73. The molecule has 9 heteroatoms. The molecule has 0 aliphatic rings. The fourth-order valence-corrected chi connectivity index (χ4v) is 1.34. The van der Waals surface area contributed by atoms with Crippen LogP contribution in [0.1, 0.15) is 13.8 Å². The minimum atomic E-state index is -0.0456. The maximum absolute atomic E-state index is 5.42. The maximum atomic E-state index is 5.42. The monoisotopic (exact) mass is 264 g/mol. The summed E-state index contributed by atoms with van der Waals surface area (Å²) in [6, 6.07) is 1.99. The molecule has 9 nitrogen and oxygen atoms in total. The molecule has 0 radical (unpaired) electrons. The third-order valence-electron chi connectivity index (χ3n) is 2.04. The van der Waals surface area contributed by atoms with E-state index in [4.69, 9.17) is 10.6 Å². The smallest absolute Gasteiger partial charge is 0.323 e. The summed E-state index contributed by atoms with van der Waals surface area (Å²) in [5.41, 5.74) is 2.36. The summed E-state index contributed by atoms with van der Waals surface area (Å²) in [4.78, 5) is 12.2. The van der Waals surface area contributed by atoms with Gasteiger partial charge in [-0.05, 0) is 13.8 Å². The van der Waals surface area contributed by atoms with Gasteiger partial charge < -0.3 is 10.1 Å². The van der Waals surface area contributed by atoms with E-state index in [-0.39, 0.29) is 18.1 Å². The molecule has 2 aromatic heterocycles. The zero-order chi connectivity index (χ0) is 13.8. The van der Waals surface area contributed by atoms with Gasteiger partial charge in [0.05, 0.1) is 6.10 Å². The Balaban J connectivity index is 2.23. The molecule has 0 amide bonds.